The van der Waals surface area contributed by atoms with Crippen molar-refractivity contribution in [1.82, 2.24) is 5.32 Å². The van der Waals surface area contributed by atoms with Gasteiger partial charge in [-0.2, -0.15) is 13.2 Å². The van der Waals surface area contributed by atoms with Crippen molar-refractivity contribution >= 4 is 18.5 Å². The average Bonchev–Trinajstić information content (AvgIpc) is 2.65. The zero-order valence-corrected chi connectivity index (χ0v) is 13.7. The van der Waals surface area contributed by atoms with Crippen LogP contribution in [0.25, 0.3) is 0 Å². The van der Waals surface area contributed by atoms with E-state index in [1.807, 2.05) is 27.7 Å². The highest BCUT2D eigenvalue weighted by molar-refractivity contribution is 6.62. The molecule has 0 aliphatic carbocycles. The van der Waals surface area contributed by atoms with E-state index in [1.54, 1.807) is 0 Å². The Kier molecular flexibility index (Phi) is 4.28. The second-order valence-corrected chi connectivity index (χ2v) is 6.47. The Bertz CT molecular complexity index is 613. The minimum absolute atomic E-state index is 0.226. The molecule has 1 N–H and O–H groups in total. The first-order valence-electron chi connectivity index (χ1n) is 7.18. The first-order valence-corrected chi connectivity index (χ1v) is 7.18. The van der Waals surface area contributed by atoms with Gasteiger partial charge in [-0.25, -0.2) is 0 Å². The second kappa shape index (κ2) is 5.52. The molecule has 0 spiro atoms. The Hall–Kier alpha value is -1.54. The van der Waals surface area contributed by atoms with Crippen molar-refractivity contribution in [3.63, 3.8) is 0 Å². The molecule has 8 heteroatoms. The van der Waals surface area contributed by atoms with Gasteiger partial charge in [-0.15, -0.1) is 0 Å². The lowest BCUT2D eigenvalue weighted by Gasteiger charge is -2.32. The van der Waals surface area contributed by atoms with E-state index in [1.165, 1.54) is 13.1 Å². The third-order valence-corrected chi connectivity index (χ3v) is 4.35. The molecule has 2 rings (SSSR count). The molecule has 1 heterocycles. The molecule has 126 valence electrons. The fourth-order valence-electron chi connectivity index (χ4n) is 2.25. The van der Waals surface area contributed by atoms with Crippen molar-refractivity contribution in [3.8, 4) is 0 Å². The smallest absolute Gasteiger partial charge is 0.399 e. The van der Waals surface area contributed by atoms with Crippen molar-refractivity contribution in [1.29, 1.82) is 0 Å². The second-order valence-electron chi connectivity index (χ2n) is 6.47. The third-order valence-electron chi connectivity index (χ3n) is 4.35. The first kappa shape index (κ1) is 17.8. The highest BCUT2D eigenvalue weighted by Gasteiger charge is 2.52. The summed E-state index contributed by atoms with van der Waals surface area (Å²) >= 11 is 0. The van der Waals surface area contributed by atoms with E-state index in [-0.39, 0.29) is 5.46 Å². The highest BCUT2D eigenvalue weighted by atomic mass is 19.4. The molecule has 1 aromatic carbocycles. The molecular formula is C15H19BF3NO3. The normalized spacial score (nSPS) is 19.7. The molecule has 23 heavy (non-hydrogen) atoms. The van der Waals surface area contributed by atoms with Crippen LogP contribution in [0.5, 0.6) is 0 Å². The molecule has 0 bridgehead atoms. The monoisotopic (exact) mass is 329 g/mol. The predicted molar refractivity (Wildman–Crippen MR) is 80.6 cm³/mol. The van der Waals surface area contributed by atoms with E-state index in [0.717, 1.165) is 12.1 Å². The molecule has 0 aromatic heterocycles. The topological polar surface area (TPSA) is 47.6 Å². The Labute approximate surface area is 133 Å². The van der Waals surface area contributed by atoms with Crippen molar-refractivity contribution in [2.75, 3.05) is 7.05 Å². The fraction of sp³-hybridized carbons (Fsp3) is 0.533. The van der Waals surface area contributed by atoms with E-state index in [9.17, 15) is 18.0 Å². The number of hydrogen-bond acceptors (Lipinski definition) is 3. The van der Waals surface area contributed by atoms with Gasteiger partial charge in [0, 0.05) is 7.05 Å². The number of halogens is 3. The lowest BCUT2D eigenvalue weighted by Crippen LogP contribution is -2.41. The average molecular weight is 329 g/mol. The summed E-state index contributed by atoms with van der Waals surface area (Å²) in [7, 11) is 0.366. The Balaban J connectivity index is 2.45. The summed E-state index contributed by atoms with van der Waals surface area (Å²) in [5.74, 6) is -0.794. The lowest BCUT2D eigenvalue weighted by atomic mass is 9.77. The number of hydrogen-bond donors (Lipinski definition) is 1. The summed E-state index contributed by atoms with van der Waals surface area (Å²) in [6.45, 7) is 7.26. The maximum Gasteiger partial charge on any atom is 0.494 e. The summed E-state index contributed by atoms with van der Waals surface area (Å²) in [4.78, 5) is 11.6. The Morgan fingerprint density at radius 2 is 1.65 bits per heavy atom. The summed E-state index contributed by atoms with van der Waals surface area (Å²) in [5.41, 5.74) is -2.53. The summed E-state index contributed by atoms with van der Waals surface area (Å²) in [6.07, 6.45) is -4.65. The van der Waals surface area contributed by atoms with Crippen LogP contribution in [-0.2, 0) is 15.5 Å². The number of carbonyl (C=O) groups is 1. The molecule has 0 atom stereocenters. The van der Waals surface area contributed by atoms with Gasteiger partial charge in [-0.1, -0.05) is 6.07 Å². The molecule has 1 aliphatic rings. The van der Waals surface area contributed by atoms with Crippen molar-refractivity contribution in [2.24, 2.45) is 0 Å². The highest BCUT2D eigenvalue weighted by Crippen LogP contribution is 2.37. The van der Waals surface area contributed by atoms with E-state index in [0.29, 0.717) is 0 Å². The molecule has 1 fully saturated rings. The number of nitrogens with one attached hydrogen (secondary N) is 1. The van der Waals surface area contributed by atoms with E-state index >= 15 is 0 Å². The zero-order chi connectivity index (χ0) is 17.6. The van der Waals surface area contributed by atoms with Crippen LogP contribution in [0, 0.1) is 0 Å². The SMILES string of the molecule is CNC(=O)c1ccc(B2OC(C)(C)C(C)(C)O2)cc1C(F)(F)F. The minimum Gasteiger partial charge on any atom is -0.399 e. The third kappa shape index (κ3) is 3.23. The lowest BCUT2D eigenvalue weighted by molar-refractivity contribution is -0.137. The van der Waals surface area contributed by atoms with Crippen LogP contribution in [-0.4, -0.2) is 31.3 Å². The number of amides is 1. The minimum atomic E-state index is -4.65. The number of benzene rings is 1. The summed E-state index contributed by atoms with van der Waals surface area (Å²) in [5, 5.41) is 2.21. The van der Waals surface area contributed by atoms with Crippen LogP contribution in [0.4, 0.5) is 13.2 Å². The van der Waals surface area contributed by atoms with Crippen LogP contribution in [0.2, 0.25) is 0 Å². The molecule has 1 amide bonds. The van der Waals surface area contributed by atoms with Gasteiger partial charge in [0.25, 0.3) is 5.91 Å². The van der Waals surface area contributed by atoms with Gasteiger partial charge in [0.1, 0.15) is 0 Å². The summed E-state index contributed by atoms with van der Waals surface area (Å²) in [6, 6.07) is 3.47. The molecule has 1 aliphatic heterocycles. The van der Waals surface area contributed by atoms with E-state index in [4.69, 9.17) is 9.31 Å². The van der Waals surface area contributed by atoms with Gasteiger partial charge < -0.3 is 14.6 Å². The first-order chi connectivity index (χ1) is 10.4. The van der Waals surface area contributed by atoms with Crippen LogP contribution in [0.15, 0.2) is 18.2 Å². The molecule has 1 saturated heterocycles. The van der Waals surface area contributed by atoms with Gasteiger partial charge in [0.2, 0.25) is 0 Å². The van der Waals surface area contributed by atoms with Gasteiger partial charge in [-0.3, -0.25) is 4.79 Å². The fourth-order valence-corrected chi connectivity index (χ4v) is 2.25. The molecule has 0 radical (unpaired) electrons. The maximum absolute atomic E-state index is 13.3. The zero-order valence-electron chi connectivity index (χ0n) is 13.7. The quantitative estimate of drug-likeness (QED) is 0.848. The van der Waals surface area contributed by atoms with E-state index in [2.05, 4.69) is 5.32 Å². The van der Waals surface area contributed by atoms with Gasteiger partial charge in [0.15, 0.2) is 0 Å². The number of alkyl halides is 3. The number of rotatable bonds is 2. The molecular weight excluding hydrogens is 310 g/mol. The Morgan fingerprint density at radius 1 is 1.13 bits per heavy atom. The van der Waals surface area contributed by atoms with Crippen molar-refractivity contribution in [2.45, 2.75) is 45.1 Å². The standard InChI is InChI=1S/C15H19BF3NO3/c1-13(2)14(3,4)23-16(22-13)9-6-7-10(12(21)20-5)11(8-9)15(17,18)19/h6-8H,1-5H3,(H,20,21). The Morgan fingerprint density at radius 3 is 2.09 bits per heavy atom. The maximum atomic E-state index is 13.3. The van der Waals surface area contributed by atoms with Gasteiger partial charge >= 0.3 is 13.3 Å². The largest absolute Gasteiger partial charge is 0.494 e. The predicted octanol–water partition coefficient (Wildman–Crippen LogP) is 2.36. The van der Waals surface area contributed by atoms with Crippen LogP contribution in [0.1, 0.15) is 43.6 Å². The van der Waals surface area contributed by atoms with Gasteiger partial charge in [0.05, 0.1) is 22.3 Å². The van der Waals surface area contributed by atoms with Crippen LogP contribution in [0.3, 0.4) is 0 Å². The number of carbonyl (C=O) groups excluding carboxylic acids is 1. The van der Waals surface area contributed by atoms with Crippen molar-refractivity contribution < 1.29 is 27.3 Å². The molecule has 1 aromatic rings. The van der Waals surface area contributed by atoms with Gasteiger partial charge in [-0.05, 0) is 45.3 Å². The van der Waals surface area contributed by atoms with Crippen LogP contribution < -0.4 is 10.8 Å². The molecule has 0 unspecified atom stereocenters. The van der Waals surface area contributed by atoms with Crippen molar-refractivity contribution in [3.05, 3.63) is 29.3 Å². The summed E-state index contributed by atoms with van der Waals surface area (Å²) < 4.78 is 51.3. The molecule has 4 nitrogen and oxygen atoms in total. The van der Waals surface area contributed by atoms with E-state index < -0.39 is 41.5 Å². The van der Waals surface area contributed by atoms with Crippen LogP contribution >= 0.6 is 0 Å². The molecule has 0 saturated carbocycles.